The molecule has 21 heavy (non-hydrogen) atoms. The molecular weight excluding hydrogens is 354 g/mol. The van der Waals surface area contributed by atoms with Crippen LogP contribution >= 0.6 is 15.9 Å². The number of sulfone groups is 1. The number of fused-ring (bicyclic) bond motifs is 1. The lowest BCUT2D eigenvalue weighted by Crippen LogP contribution is -2.36. The van der Waals surface area contributed by atoms with Gasteiger partial charge in [-0.1, -0.05) is 15.9 Å². The van der Waals surface area contributed by atoms with E-state index in [4.69, 9.17) is 5.73 Å². The van der Waals surface area contributed by atoms with E-state index in [1.165, 1.54) is 0 Å². The summed E-state index contributed by atoms with van der Waals surface area (Å²) in [5.41, 5.74) is 7.64. The van der Waals surface area contributed by atoms with E-state index in [2.05, 4.69) is 26.2 Å². The second-order valence-corrected chi connectivity index (χ2v) is 8.88. The van der Waals surface area contributed by atoms with E-state index in [-0.39, 0.29) is 11.5 Å². The van der Waals surface area contributed by atoms with Crippen LogP contribution in [0.3, 0.4) is 0 Å². The minimum absolute atomic E-state index is 0.122. The Kier molecular flexibility index (Phi) is 3.37. The molecule has 3 N–H and O–H groups in total. The molecule has 0 spiro atoms. The highest BCUT2D eigenvalue weighted by Gasteiger charge is 2.38. The highest BCUT2D eigenvalue weighted by molar-refractivity contribution is 9.10. The van der Waals surface area contributed by atoms with Gasteiger partial charge in [0.25, 0.3) is 0 Å². The zero-order chi connectivity index (χ0) is 15.3. The van der Waals surface area contributed by atoms with Crippen LogP contribution in [0.4, 0.5) is 11.4 Å². The van der Waals surface area contributed by atoms with E-state index < -0.39 is 15.4 Å². The van der Waals surface area contributed by atoms with Crippen LogP contribution in [0.5, 0.6) is 0 Å². The van der Waals surface area contributed by atoms with Gasteiger partial charge in [-0.2, -0.15) is 0 Å². The molecule has 1 aromatic heterocycles. The second kappa shape index (κ2) is 4.84. The van der Waals surface area contributed by atoms with Gasteiger partial charge in [0.15, 0.2) is 9.84 Å². The first-order valence-corrected chi connectivity index (χ1v) is 9.22. The molecule has 2 aromatic rings. The lowest BCUT2D eigenvalue weighted by molar-refractivity contribution is 0.575. The summed E-state index contributed by atoms with van der Waals surface area (Å²) in [5.74, 6) is 0.334. The average Bonchev–Trinajstić information content (AvgIpc) is 2.68. The molecule has 3 rings (SSSR count). The highest BCUT2D eigenvalue weighted by Crippen LogP contribution is 2.35. The van der Waals surface area contributed by atoms with E-state index in [0.29, 0.717) is 12.1 Å². The Bertz CT molecular complexity index is 817. The number of nitrogens with two attached hydrogens (primary N) is 1. The van der Waals surface area contributed by atoms with Gasteiger partial charge in [-0.25, -0.2) is 8.42 Å². The van der Waals surface area contributed by atoms with Crippen LogP contribution in [0, 0.1) is 0 Å². The molecular formula is C14H16BrN3O2S. The van der Waals surface area contributed by atoms with Crippen LogP contribution in [0.1, 0.15) is 13.3 Å². The van der Waals surface area contributed by atoms with E-state index in [1.54, 1.807) is 6.20 Å². The number of aromatic nitrogens is 1. The summed E-state index contributed by atoms with van der Waals surface area (Å²) < 4.78 is 24.4. The number of pyridine rings is 1. The summed E-state index contributed by atoms with van der Waals surface area (Å²) in [4.78, 5) is 4.30. The largest absolute Gasteiger partial charge is 0.396 e. The smallest absolute Gasteiger partial charge is 0.152 e. The minimum Gasteiger partial charge on any atom is -0.396 e. The summed E-state index contributed by atoms with van der Waals surface area (Å²) in [5, 5.41) is 4.23. The fourth-order valence-electron chi connectivity index (χ4n) is 2.73. The third kappa shape index (κ3) is 2.85. The number of anilines is 2. The fraction of sp³-hybridized carbons (Fsp3) is 0.357. The molecule has 112 valence electrons. The van der Waals surface area contributed by atoms with E-state index in [9.17, 15) is 8.42 Å². The van der Waals surface area contributed by atoms with Crippen molar-refractivity contribution in [3.8, 4) is 0 Å². The van der Waals surface area contributed by atoms with Crippen LogP contribution in [0.2, 0.25) is 0 Å². The van der Waals surface area contributed by atoms with Gasteiger partial charge in [-0.15, -0.1) is 0 Å². The summed E-state index contributed by atoms with van der Waals surface area (Å²) in [6.45, 7) is 1.92. The van der Waals surface area contributed by atoms with Gasteiger partial charge in [0.1, 0.15) is 0 Å². The van der Waals surface area contributed by atoms with Crippen molar-refractivity contribution in [2.45, 2.75) is 18.9 Å². The van der Waals surface area contributed by atoms with Gasteiger partial charge < -0.3 is 11.1 Å². The first-order chi connectivity index (χ1) is 9.78. The summed E-state index contributed by atoms with van der Waals surface area (Å²) in [6, 6.07) is 5.75. The van der Waals surface area contributed by atoms with Gasteiger partial charge in [-0.3, -0.25) is 4.98 Å². The molecule has 1 unspecified atom stereocenters. The van der Waals surface area contributed by atoms with Crippen LogP contribution in [-0.2, 0) is 9.84 Å². The maximum absolute atomic E-state index is 11.7. The van der Waals surface area contributed by atoms with Crippen molar-refractivity contribution in [1.82, 2.24) is 4.98 Å². The summed E-state index contributed by atoms with van der Waals surface area (Å²) in [7, 11) is -2.98. The van der Waals surface area contributed by atoms with Crippen molar-refractivity contribution in [2.75, 3.05) is 22.6 Å². The zero-order valence-electron chi connectivity index (χ0n) is 11.6. The maximum Gasteiger partial charge on any atom is 0.152 e. The third-order valence-corrected chi connectivity index (χ3v) is 6.19. The molecule has 1 aromatic carbocycles. The van der Waals surface area contributed by atoms with E-state index >= 15 is 0 Å². The SMILES string of the molecule is CC1(Nc2c(N)cnc3ccc(Br)cc23)CCS(=O)(=O)C1. The van der Waals surface area contributed by atoms with Crippen molar-refractivity contribution in [3.63, 3.8) is 0 Å². The number of nitrogens with zero attached hydrogens (tertiary/aromatic N) is 1. The van der Waals surface area contributed by atoms with Crippen molar-refractivity contribution >= 4 is 48.0 Å². The van der Waals surface area contributed by atoms with Crippen LogP contribution in [0.25, 0.3) is 10.9 Å². The molecule has 0 amide bonds. The number of rotatable bonds is 2. The molecule has 5 nitrogen and oxygen atoms in total. The van der Waals surface area contributed by atoms with Crippen molar-refractivity contribution in [3.05, 3.63) is 28.9 Å². The lowest BCUT2D eigenvalue weighted by atomic mass is 10.0. The van der Waals surface area contributed by atoms with Gasteiger partial charge in [0.2, 0.25) is 0 Å². The maximum atomic E-state index is 11.7. The van der Waals surface area contributed by atoms with Gasteiger partial charge >= 0.3 is 0 Å². The highest BCUT2D eigenvalue weighted by atomic mass is 79.9. The molecule has 0 aliphatic carbocycles. The number of hydrogen-bond acceptors (Lipinski definition) is 5. The minimum atomic E-state index is -2.98. The third-order valence-electron chi connectivity index (χ3n) is 3.79. The molecule has 1 aliphatic rings. The van der Waals surface area contributed by atoms with Crippen molar-refractivity contribution < 1.29 is 8.42 Å². The fourth-order valence-corrected chi connectivity index (χ4v) is 5.18. The Hall–Kier alpha value is -1.34. The predicted octanol–water partition coefficient (Wildman–Crippen LogP) is 2.57. The van der Waals surface area contributed by atoms with E-state index in [0.717, 1.165) is 21.1 Å². The quantitative estimate of drug-likeness (QED) is 0.849. The van der Waals surface area contributed by atoms with Crippen molar-refractivity contribution in [2.24, 2.45) is 0 Å². The van der Waals surface area contributed by atoms with Crippen LogP contribution in [0.15, 0.2) is 28.9 Å². The monoisotopic (exact) mass is 369 g/mol. The first kappa shape index (κ1) is 14.6. The summed E-state index contributed by atoms with van der Waals surface area (Å²) >= 11 is 3.44. The Balaban J connectivity index is 2.08. The zero-order valence-corrected chi connectivity index (χ0v) is 14.0. The topological polar surface area (TPSA) is 85.1 Å². The standard InChI is InChI=1S/C14H16BrN3O2S/c1-14(4-5-21(19,20)8-14)18-13-10-6-9(15)2-3-12(10)17-7-11(13)16/h2-3,6-7H,4-5,8,16H2,1H3,(H,17,18). The normalized spacial score (nSPS) is 24.3. The average molecular weight is 370 g/mol. The Labute approximate surface area is 132 Å². The molecule has 0 saturated carbocycles. The Morgan fingerprint density at radius 3 is 2.86 bits per heavy atom. The van der Waals surface area contributed by atoms with Crippen LogP contribution in [-0.4, -0.2) is 30.4 Å². The van der Waals surface area contributed by atoms with Gasteiger partial charge in [-0.05, 0) is 31.5 Å². The van der Waals surface area contributed by atoms with Gasteiger partial charge in [0.05, 0.1) is 34.6 Å². The molecule has 1 aliphatic heterocycles. The van der Waals surface area contributed by atoms with Crippen LogP contribution < -0.4 is 11.1 Å². The predicted molar refractivity (Wildman–Crippen MR) is 89.2 cm³/mol. The van der Waals surface area contributed by atoms with Gasteiger partial charge in [0, 0.05) is 15.4 Å². The lowest BCUT2D eigenvalue weighted by Gasteiger charge is -2.27. The number of nitrogens with one attached hydrogen (secondary N) is 1. The molecule has 2 heterocycles. The Morgan fingerprint density at radius 1 is 1.43 bits per heavy atom. The Morgan fingerprint density at radius 2 is 2.19 bits per heavy atom. The number of benzene rings is 1. The molecule has 1 fully saturated rings. The second-order valence-electron chi connectivity index (χ2n) is 5.78. The van der Waals surface area contributed by atoms with E-state index in [1.807, 2.05) is 25.1 Å². The summed E-state index contributed by atoms with van der Waals surface area (Å²) in [6.07, 6.45) is 2.18. The number of halogens is 1. The molecule has 1 saturated heterocycles. The molecule has 0 radical (unpaired) electrons. The first-order valence-electron chi connectivity index (χ1n) is 6.60. The van der Waals surface area contributed by atoms with Crippen molar-refractivity contribution in [1.29, 1.82) is 0 Å². The molecule has 1 atom stereocenters. The molecule has 7 heteroatoms. The number of nitrogen functional groups attached to an aromatic ring is 1. The number of hydrogen-bond donors (Lipinski definition) is 2. The molecule has 0 bridgehead atoms.